The first-order valence-corrected chi connectivity index (χ1v) is 7.30. The number of hydrogen-bond acceptors (Lipinski definition) is 2. The van der Waals surface area contributed by atoms with Crippen molar-refractivity contribution in [3.63, 3.8) is 0 Å². The molecule has 1 aliphatic heterocycles. The Labute approximate surface area is 121 Å². The van der Waals surface area contributed by atoms with E-state index in [1.54, 1.807) is 18.2 Å². The van der Waals surface area contributed by atoms with Crippen LogP contribution in [0.3, 0.4) is 0 Å². The van der Waals surface area contributed by atoms with E-state index in [2.05, 4.69) is 15.9 Å². The molecular weight excluding hydrogens is 327 g/mol. The van der Waals surface area contributed by atoms with Crippen molar-refractivity contribution in [2.45, 2.75) is 20.1 Å². The molecule has 1 aromatic rings. The molecule has 0 spiro atoms. The van der Waals surface area contributed by atoms with Crippen molar-refractivity contribution in [1.82, 2.24) is 0 Å². The standard InChI is InChI=1S/C6H4Cl2.C4H7BrO2.C2H6/c7-5-2-1-3-6(8)4-5;5-3-4-6-1-2-7-4;1-2/h1-4H;4H,1-3H2;1-2H3. The minimum Gasteiger partial charge on any atom is -0.349 e. The molecule has 17 heavy (non-hydrogen) atoms. The number of halogens is 3. The minimum absolute atomic E-state index is 0.0139. The first-order valence-electron chi connectivity index (χ1n) is 5.42. The predicted octanol–water partition coefficient (Wildman–Crippen LogP) is 4.77. The van der Waals surface area contributed by atoms with Crippen molar-refractivity contribution in [2.75, 3.05) is 18.5 Å². The summed E-state index contributed by atoms with van der Waals surface area (Å²) in [5.41, 5.74) is 0. The Morgan fingerprint density at radius 3 is 1.88 bits per heavy atom. The molecule has 98 valence electrons. The zero-order valence-electron chi connectivity index (χ0n) is 9.96. The molecule has 1 saturated heterocycles. The van der Waals surface area contributed by atoms with Gasteiger partial charge in [0.2, 0.25) is 0 Å². The van der Waals surface area contributed by atoms with E-state index in [0.29, 0.717) is 10.0 Å². The van der Waals surface area contributed by atoms with E-state index in [0.717, 1.165) is 18.5 Å². The molecule has 1 heterocycles. The SMILES string of the molecule is BrCC1OCCO1.CC.Clc1cccc(Cl)c1. The number of benzene rings is 1. The lowest BCUT2D eigenvalue weighted by atomic mass is 10.4. The molecule has 1 fully saturated rings. The molecule has 5 heteroatoms. The van der Waals surface area contributed by atoms with Gasteiger partial charge in [-0.3, -0.25) is 0 Å². The van der Waals surface area contributed by atoms with Crippen LogP contribution in [0.2, 0.25) is 10.0 Å². The quantitative estimate of drug-likeness (QED) is 0.683. The van der Waals surface area contributed by atoms with Gasteiger partial charge in [0, 0.05) is 10.0 Å². The van der Waals surface area contributed by atoms with Crippen molar-refractivity contribution >= 4 is 39.1 Å². The van der Waals surface area contributed by atoms with Crippen LogP contribution in [0.5, 0.6) is 0 Å². The molecule has 0 N–H and O–H groups in total. The molecule has 0 atom stereocenters. The normalized spacial score (nSPS) is 14.4. The molecule has 0 bridgehead atoms. The summed E-state index contributed by atoms with van der Waals surface area (Å²) in [4.78, 5) is 0. The fourth-order valence-electron chi connectivity index (χ4n) is 0.956. The summed E-state index contributed by atoms with van der Waals surface area (Å²) < 4.78 is 10.1. The number of rotatable bonds is 1. The lowest BCUT2D eigenvalue weighted by Crippen LogP contribution is -2.07. The third kappa shape index (κ3) is 8.86. The molecular formula is C12H17BrCl2O2. The highest BCUT2D eigenvalue weighted by molar-refractivity contribution is 9.09. The van der Waals surface area contributed by atoms with Crippen LogP contribution in [0.15, 0.2) is 24.3 Å². The van der Waals surface area contributed by atoms with Gasteiger partial charge in [0.15, 0.2) is 6.29 Å². The molecule has 2 rings (SSSR count). The average molecular weight is 344 g/mol. The maximum absolute atomic E-state index is 5.56. The number of hydrogen-bond donors (Lipinski definition) is 0. The zero-order chi connectivity index (χ0) is 13.1. The molecule has 0 aliphatic carbocycles. The van der Waals surface area contributed by atoms with Gasteiger partial charge in [-0.2, -0.15) is 0 Å². The van der Waals surface area contributed by atoms with Crippen LogP contribution < -0.4 is 0 Å². The van der Waals surface area contributed by atoms with Crippen LogP contribution in [0.25, 0.3) is 0 Å². The summed E-state index contributed by atoms with van der Waals surface area (Å²) >= 11 is 14.3. The molecule has 2 nitrogen and oxygen atoms in total. The third-order valence-electron chi connectivity index (χ3n) is 1.60. The summed E-state index contributed by atoms with van der Waals surface area (Å²) in [5.74, 6) is 0. The molecule has 1 aliphatic rings. The van der Waals surface area contributed by atoms with Gasteiger partial charge >= 0.3 is 0 Å². The second-order valence-electron chi connectivity index (χ2n) is 2.77. The van der Waals surface area contributed by atoms with Crippen LogP contribution in [0.4, 0.5) is 0 Å². The van der Waals surface area contributed by atoms with E-state index < -0.39 is 0 Å². The molecule has 0 unspecified atom stereocenters. The van der Waals surface area contributed by atoms with Crippen molar-refractivity contribution in [3.8, 4) is 0 Å². The van der Waals surface area contributed by atoms with Gasteiger partial charge in [-0.25, -0.2) is 0 Å². The molecule has 0 amide bonds. The number of alkyl halides is 1. The van der Waals surface area contributed by atoms with Crippen LogP contribution in [0.1, 0.15) is 13.8 Å². The Morgan fingerprint density at radius 1 is 1.18 bits per heavy atom. The van der Waals surface area contributed by atoms with E-state index in [-0.39, 0.29) is 6.29 Å². The van der Waals surface area contributed by atoms with Crippen molar-refractivity contribution in [2.24, 2.45) is 0 Å². The second kappa shape index (κ2) is 11.3. The largest absolute Gasteiger partial charge is 0.349 e. The third-order valence-corrected chi connectivity index (χ3v) is 2.60. The van der Waals surface area contributed by atoms with Crippen molar-refractivity contribution in [1.29, 1.82) is 0 Å². The van der Waals surface area contributed by atoms with Crippen LogP contribution in [-0.4, -0.2) is 24.8 Å². The Bertz CT molecular complexity index is 274. The fraction of sp³-hybridized carbons (Fsp3) is 0.500. The lowest BCUT2D eigenvalue weighted by molar-refractivity contribution is -0.0205. The van der Waals surface area contributed by atoms with E-state index in [1.807, 2.05) is 19.9 Å². The molecule has 0 aromatic heterocycles. The predicted molar refractivity (Wildman–Crippen MR) is 77.3 cm³/mol. The maximum atomic E-state index is 5.56. The molecule has 0 saturated carbocycles. The summed E-state index contributed by atoms with van der Waals surface area (Å²) in [6.45, 7) is 5.49. The highest BCUT2D eigenvalue weighted by Crippen LogP contribution is 2.14. The zero-order valence-corrected chi connectivity index (χ0v) is 13.1. The van der Waals surface area contributed by atoms with Crippen molar-refractivity contribution in [3.05, 3.63) is 34.3 Å². The average Bonchev–Trinajstić information content (AvgIpc) is 2.85. The van der Waals surface area contributed by atoms with Gasteiger partial charge in [-0.1, -0.05) is 59.0 Å². The summed E-state index contributed by atoms with van der Waals surface area (Å²) in [6.07, 6.45) is 0.0139. The highest BCUT2D eigenvalue weighted by Gasteiger charge is 2.12. The van der Waals surface area contributed by atoms with Crippen LogP contribution in [-0.2, 0) is 9.47 Å². The topological polar surface area (TPSA) is 18.5 Å². The Kier molecular flexibility index (Phi) is 11.4. The summed E-state index contributed by atoms with van der Waals surface area (Å²) in [7, 11) is 0. The van der Waals surface area contributed by atoms with E-state index in [4.69, 9.17) is 32.7 Å². The Hall–Kier alpha value is 0.200. The Balaban J connectivity index is 0.000000265. The van der Waals surface area contributed by atoms with E-state index in [9.17, 15) is 0 Å². The van der Waals surface area contributed by atoms with Crippen LogP contribution in [0, 0.1) is 0 Å². The number of ether oxygens (including phenoxy) is 2. The highest BCUT2D eigenvalue weighted by atomic mass is 79.9. The first kappa shape index (κ1) is 17.2. The summed E-state index contributed by atoms with van der Waals surface area (Å²) in [6, 6.07) is 7.08. The fourth-order valence-corrected chi connectivity index (χ4v) is 1.77. The van der Waals surface area contributed by atoms with Gasteiger partial charge in [0.1, 0.15) is 0 Å². The maximum Gasteiger partial charge on any atom is 0.167 e. The minimum atomic E-state index is 0.0139. The van der Waals surface area contributed by atoms with Gasteiger partial charge in [0.05, 0.1) is 18.5 Å². The van der Waals surface area contributed by atoms with E-state index in [1.165, 1.54) is 0 Å². The lowest BCUT2D eigenvalue weighted by Gasteiger charge is -2.00. The van der Waals surface area contributed by atoms with Crippen molar-refractivity contribution < 1.29 is 9.47 Å². The van der Waals surface area contributed by atoms with Crippen LogP contribution >= 0.6 is 39.1 Å². The van der Waals surface area contributed by atoms with Gasteiger partial charge in [-0.05, 0) is 18.2 Å². The smallest absolute Gasteiger partial charge is 0.167 e. The molecule has 1 aromatic carbocycles. The first-order chi connectivity index (χ1) is 8.22. The molecule has 0 radical (unpaired) electrons. The second-order valence-corrected chi connectivity index (χ2v) is 4.29. The Morgan fingerprint density at radius 2 is 1.65 bits per heavy atom. The summed E-state index contributed by atoms with van der Waals surface area (Å²) in [5, 5.41) is 2.14. The van der Waals surface area contributed by atoms with Gasteiger partial charge in [-0.15, -0.1) is 0 Å². The van der Waals surface area contributed by atoms with Gasteiger partial charge < -0.3 is 9.47 Å². The van der Waals surface area contributed by atoms with Gasteiger partial charge in [0.25, 0.3) is 0 Å². The van der Waals surface area contributed by atoms with E-state index >= 15 is 0 Å². The monoisotopic (exact) mass is 342 g/mol.